The van der Waals surface area contributed by atoms with Crippen LogP contribution in [0.2, 0.25) is 0 Å². The first-order chi connectivity index (χ1) is 7.71. The Balaban J connectivity index is 2.78. The summed E-state index contributed by atoms with van der Waals surface area (Å²) >= 11 is 0. The zero-order valence-electron chi connectivity index (χ0n) is 9.66. The molecule has 0 aliphatic carbocycles. The molecule has 0 spiro atoms. The monoisotopic (exact) mass is 223 g/mol. The highest BCUT2D eigenvalue weighted by Crippen LogP contribution is 2.06. The fraction of sp³-hybridized carbons (Fsp3) is 0.600. The van der Waals surface area contributed by atoms with Crippen LogP contribution in [0.15, 0.2) is 0 Å². The van der Waals surface area contributed by atoms with E-state index < -0.39 is 0 Å². The van der Waals surface area contributed by atoms with E-state index in [0.29, 0.717) is 6.54 Å². The van der Waals surface area contributed by atoms with Crippen molar-refractivity contribution < 1.29 is 4.79 Å². The van der Waals surface area contributed by atoms with Gasteiger partial charge in [0, 0.05) is 13.0 Å². The third-order valence-electron chi connectivity index (χ3n) is 2.13. The van der Waals surface area contributed by atoms with Gasteiger partial charge in [0.2, 0.25) is 11.9 Å². The molecule has 0 unspecified atom stereocenters. The second-order valence-corrected chi connectivity index (χ2v) is 3.32. The number of hydrogen-bond acceptors (Lipinski definition) is 5. The minimum Gasteiger partial charge on any atom is -0.330 e. The van der Waals surface area contributed by atoms with Gasteiger partial charge in [-0.1, -0.05) is 13.8 Å². The van der Waals surface area contributed by atoms with Crippen LogP contribution in [0.5, 0.6) is 0 Å². The fourth-order valence-corrected chi connectivity index (χ4v) is 1.31. The lowest BCUT2D eigenvalue weighted by molar-refractivity contribution is -0.116. The Bertz CT molecular complexity index is 366. The highest BCUT2D eigenvalue weighted by molar-refractivity contribution is 5.88. The molecular weight excluding hydrogens is 206 g/mol. The summed E-state index contributed by atoms with van der Waals surface area (Å²) in [6.45, 7) is 4.30. The summed E-state index contributed by atoms with van der Waals surface area (Å²) in [5.41, 5.74) is 7.02. The van der Waals surface area contributed by atoms with Gasteiger partial charge in [0.15, 0.2) is 0 Å². The Morgan fingerprint density at radius 1 is 1.25 bits per heavy atom. The van der Waals surface area contributed by atoms with Crippen molar-refractivity contribution in [2.75, 3.05) is 11.9 Å². The summed E-state index contributed by atoms with van der Waals surface area (Å²) < 4.78 is 0. The molecule has 0 fully saturated rings. The van der Waals surface area contributed by atoms with E-state index >= 15 is 0 Å². The molecule has 88 valence electrons. The van der Waals surface area contributed by atoms with Crippen molar-refractivity contribution in [3.8, 4) is 0 Å². The minimum absolute atomic E-state index is 0.185. The maximum absolute atomic E-state index is 11.3. The number of aryl methyl sites for hydroxylation is 2. The summed E-state index contributed by atoms with van der Waals surface area (Å²) in [7, 11) is 0. The number of hydrogen-bond donors (Lipinski definition) is 2. The number of anilines is 1. The Hall–Kier alpha value is -1.56. The van der Waals surface area contributed by atoms with Crippen LogP contribution in [-0.4, -0.2) is 27.6 Å². The molecule has 0 aromatic carbocycles. The maximum Gasteiger partial charge on any atom is 0.249 e. The number of rotatable bonds is 5. The summed E-state index contributed by atoms with van der Waals surface area (Å²) in [6, 6.07) is 0. The number of amides is 1. The molecule has 0 aliphatic rings. The molecule has 1 amide bonds. The molecule has 0 saturated heterocycles. The van der Waals surface area contributed by atoms with E-state index in [9.17, 15) is 4.79 Å². The van der Waals surface area contributed by atoms with Crippen molar-refractivity contribution in [1.29, 1.82) is 0 Å². The van der Waals surface area contributed by atoms with Gasteiger partial charge in [-0.15, -0.1) is 10.2 Å². The van der Waals surface area contributed by atoms with Crippen molar-refractivity contribution >= 4 is 11.9 Å². The molecule has 16 heavy (non-hydrogen) atoms. The molecule has 1 aromatic rings. The molecule has 0 atom stereocenters. The Kier molecular flexibility index (Phi) is 4.78. The van der Waals surface area contributed by atoms with Crippen LogP contribution in [0.25, 0.3) is 0 Å². The van der Waals surface area contributed by atoms with Crippen molar-refractivity contribution in [2.45, 2.75) is 33.1 Å². The van der Waals surface area contributed by atoms with Crippen LogP contribution >= 0.6 is 0 Å². The SMILES string of the molecule is CCc1nnc(NC(=O)CCN)nc1CC. The maximum atomic E-state index is 11.3. The van der Waals surface area contributed by atoms with E-state index in [1.54, 1.807) is 0 Å². The van der Waals surface area contributed by atoms with Crippen molar-refractivity contribution in [1.82, 2.24) is 15.2 Å². The molecule has 0 aliphatic heterocycles. The molecule has 0 saturated carbocycles. The lowest BCUT2D eigenvalue weighted by atomic mass is 10.2. The number of carbonyl (C=O) groups excluding carboxylic acids is 1. The Labute approximate surface area is 94.7 Å². The average Bonchev–Trinajstić information content (AvgIpc) is 2.29. The van der Waals surface area contributed by atoms with Crippen LogP contribution in [0.4, 0.5) is 5.95 Å². The number of nitrogens with two attached hydrogens (primary N) is 1. The Morgan fingerprint density at radius 2 is 1.94 bits per heavy atom. The summed E-state index contributed by atoms with van der Waals surface area (Å²) in [5.74, 6) is 0.0723. The topological polar surface area (TPSA) is 93.8 Å². The lowest BCUT2D eigenvalue weighted by Crippen LogP contribution is -2.19. The zero-order valence-corrected chi connectivity index (χ0v) is 9.66. The van der Waals surface area contributed by atoms with E-state index in [-0.39, 0.29) is 18.3 Å². The van der Waals surface area contributed by atoms with E-state index in [1.807, 2.05) is 13.8 Å². The van der Waals surface area contributed by atoms with E-state index in [4.69, 9.17) is 5.73 Å². The number of aromatic nitrogens is 3. The lowest BCUT2D eigenvalue weighted by Gasteiger charge is -2.06. The molecule has 1 aromatic heterocycles. The standard InChI is InChI=1S/C10H17N5O/c1-3-7-8(4-2)14-15-10(12-7)13-9(16)5-6-11/h3-6,11H2,1-2H3,(H,12,13,15,16). The molecule has 0 radical (unpaired) electrons. The van der Waals surface area contributed by atoms with Crippen LogP contribution in [0.1, 0.15) is 31.7 Å². The van der Waals surface area contributed by atoms with Gasteiger partial charge in [-0.3, -0.25) is 10.1 Å². The van der Waals surface area contributed by atoms with Gasteiger partial charge in [0.05, 0.1) is 11.4 Å². The summed E-state index contributed by atoms with van der Waals surface area (Å²) in [5, 5.41) is 10.4. The van der Waals surface area contributed by atoms with Crippen LogP contribution < -0.4 is 11.1 Å². The summed E-state index contributed by atoms with van der Waals surface area (Å²) in [6.07, 6.45) is 1.83. The molecule has 1 heterocycles. The highest BCUT2D eigenvalue weighted by atomic mass is 16.1. The highest BCUT2D eigenvalue weighted by Gasteiger charge is 2.08. The van der Waals surface area contributed by atoms with Crippen molar-refractivity contribution in [2.24, 2.45) is 5.73 Å². The second-order valence-electron chi connectivity index (χ2n) is 3.32. The van der Waals surface area contributed by atoms with Crippen LogP contribution in [0.3, 0.4) is 0 Å². The number of nitrogens with one attached hydrogen (secondary N) is 1. The fourth-order valence-electron chi connectivity index (χ4n) is 1.31. The van der Waals surface area contributed by atoms with Crippen molar-refractivity contribution in [3.63, 3.8) is 0 Å². The first kappa shape index (κ1) is 12.5. The van der Waals surface area contributed by atoms with Gasteiger partial charge in [0.25, 0.3) is 0 Å². The quantitative estimate of drug-likeness (QED) is 0.748. The number of carbonyl (C=O) groups is 1. The van der Waals surface area contributed by atoms with Gasteiger partial charge in [-0.25, -0.2) is 4.98 Å². The molecule has 1 rings (SSSR count). The first-order valence-corrected chi connectivity index (χ1v) is 5.43. The zero-order chi connectivity index (χ0) is 12.0. The summed E-state index contributed by atoms with van der Waals surface area (Å²) in [4.78, 5) is 15.5. The van der Waals surface area contributed by atoms with Gasteiger partial charge in [-0.05, 0) is 12.8 Å². The molecule has 6 nitrogen and oxygen atoms in total. The normalized spacial score (nSPS) is 10.2. The number of nitrogens with zero attached hydrogens (tertiary/aromatic N) is 3. The predicted molar refractivity (Wildman–Crippen MR) is 60.9 cm³/mol. The smallest absolute Gasteiger partial charge is 0.249 e. The largest absolute Gasteiger partial charge is 0.330 e. The van der Waals surface area contributed by atoms with E-state index in [2.05, 4.69) is 20.5 Å². The second kappa shape index (κ2) is 6.12. The van der Waals surface area contributed by atoms with Crippen LogP contribution in [0, 0.1) is 0 Å². The van der Waals surface area contributed by atoms with Gasteiger partial charge in [-0.2, -0.15) is 0 Å². The third kappa shape index (κ3) is 3.23. The molecular formula is C10H17N5O. The van der Waals surface area contributed by atoms with E-state index in [1.165, 1.54) is 0 Å². The first-order valence-electron chi connectivity index (χ1n) is 5.43. The Morgan fingerprint density at radius 3 is 2.50 bits per heavy atom. The minimum atomic E-state index is -0.185. The van der Waals surface area contributed by atoms with Crippen molar-refractivity contribution in [3.05, 3.63) is 11.4 Å². The van der Waals surface area contributed by atoms with Gasteiger partial charge in [0.1, 0.15) is 0 Å². The average molecular weight is 223 g/mol. The predicted octanol–water partition coefficient (Wildman–Crippen LogP) is 0.284. The molecule has 6 heteroatoms. The molecule has 0 bridgehead atoms. The van der Waals surface area contributed by atoms with E-state index in [0.717, 1.165) is 24.2 Å². The van der Waals surface area contributed by atoms with Gasteiger partial charge < -0.3 is 5.73 Å². The third-order valence-corrected chi connectivity index (χ3v) is 2.13. The molecule has 3 N–H and O–H groups in total. The van der Waals surface area contributed by atoms with Gasteiger partial charge >= 0.3 is 0 Å². The van der Waals surface area contributed by atoms with Crippen LogP contribution in [-0.2, 0) is 17.6 Å².